The van der Waals surface area contributed by atoms with Gasteiger partial charge in [0, 0.05) is 18.2 Å². The van der Waals surface area contributed by atoms with Crippen molar-refractivity contribution in [1.29, 1.82) is 0 Å². The zero-order chi connectivity index (χ0) is 19.9. The van der Waals surface area contributed by atoms with E-state index in [1.54, 1.807) is 30.3 Å². The summed E-state index contributed by atoms with van der Waals surface area (Å²) in [6.07, 6.45) is 0. The highest BCUT2D eigenvalue weighted by molar-refractivity contribution is 6.04. The number of hydrogen-bond acceptors (Lipinski definition) is 6. The van der Waals surface area contributed by atoms with Crippen molar-refractivity contribution in [1.82, 2.24) is 10.2 Å². The summed E-state index contributed by atoms with van der Waals surface area (Å²) in [4.78, 5) is 12.5. The molecule has 0 spiro atoms. The van der Waals surface area contributed by atoms with Crippen molar-refractivity contribution in [2.75, 3.05) is 24.9 Å². The minimum atomic E-state index is -0.327. The molecule has 0 fully saturated rings. The van der Waals surface area contributed by atoms with Gasteiger partial charge in [-0.2, -0.15) is 0 Å². The van der Waals surface area contributed by atoms with E-state index >= 15 is 0 Å². The molecule has 3 rings (SSSR count). The van der Waals surface area contributed by atoms with Gasteiger partial charge in [0.1, 0.15) is 17.3 Å². The van der Waals surface area contributed by atoms with Crippen molar-refractivity contribution in [3.8, 4) is 11.5 Å². The minimum Gasteiger partial charge on any atom is -0.497 e. The monoisotopic (exact) mass is 378 g/mol. The minimum absolute atomic E-state index is 0.327. The molecule has 0 bridgehead atoms. The van der Waals surface area contributed by atoms with Crippen LogP contribution >= 0.6 is 0 Å². The fourth-order valence-corrected chi connectivity index (χ4v) is 2.52. The molecule has 1 heterocycles. The van der Waals surface area contributed by atoms with Gasteiger partial charge < -0.3 is 20.1 Å². The van der Waals surface area contributed by atoms with E-state index in [0.29, 0.717) is 35.2 Å². The van der Waals surface area contributed by atoms with Crippen LogP contribution in [0.3, 0.4) is 0 Å². The number of aromatic nitrogens is 2. The smallest absolute Gasteiger partial charge is 0.257 e. The Balaban J connectivity index is 1.62. The van der Waals surface area contributed by atoms with Gasteiger partial charge in [0.2, 0.25) is 0 Å². The van der Waals surface area contributed by atoms with Gasteiger partial charge in [-0.05, 0) is 36.8 Å². The maximum atomic E-state index is 12.5. The number of benzene rings is 2. The lowest BCUT2D eigenvalue weighted by atomic mass is 10.1. The molecule has 0 saturated heterocycles. The number of amides is 1. The molecule has 7 heteroatoms. The molecule has 2 aromatic carbocycles. The summed E-state index contributed by atoms with van der Waals surface area (Å²) < 4.78 is 10.4. The number of carbonyl (C=O) groups excluding carboxylic acids is 1. The molecule has 28 heavy (non-hydrogen) atoms. The Labute approximate surface area is 163 Å². The first-order chi connectivity index (χ1) is 13.6. The van der Waals surface area contributed by atoms with Crippen LogP contribution in [-0.2, 0) is 6.54 Å². The topological polar surface area (TPSA) is 85.4 Å². The molecule has 7 nitrogen and oxygen atoms in total. The summed E-state index contributed by atoms with van der Waals surface area (Å²) in [5.41, 5.74) is 2.77. The quantitative estimate of drug-likeness (QED) is 0.653. The fraction of sp³-hybridized carbons (Fsp3) is 0.190. The van der Waals surface area contributed by atoms with E-state index in [2.05, 4.69) is 52.0 Å². The standard InChI is InChI=1S/C21H22N4O3/c1-14-4-6-15(7-5-14)13-22-19-8-9-20(25-24-19)23-21(26)16-10-17(27-2)12-18(11-16)28-3/h4-12H,13H2,1-3H3,(H,22,24)(H,23,25,26). The molecule has 0 aliphatic rings. The fourth-order valence-electron chi connectivity index (χ4n) is 2.52. The number of methoxy groups -OCH3 is 2. The first-order valence-corrected chi connectivity index (χ1v) is 8.75. The highest BCUT2D eigenvalue weighted by atomic mass is 16.5. The summed E-state index contributed by atoms with van der Waals surface area (Å²) in [7, 11) is 3.06. The Hall–Kier alpha value is -3.61. The molecule has 3 aromatic rings. The molecule has 0 aliphatic carbocycles. The van der Waals surface area contributed by atoms with Crippen LogP contribution in [-0.4, -0.2) is 30.3 Å². The number of aryl methyl sites for hydroxylation is 1. The third-order valence-corrected chi connectivity index (χ3v) is 4.11. The predicted molar refractivity (Wildman–Crippen MR) is 108 cm³/mol. The van der Waals surface area contributed by atoms with Crippen molar-refractivity contribution >= 4 is 17.5 Å². The van der Waals surface area contributed by atoms with Gasteiger partial charge in [0.25, 0.3) is 5.91 Å². The van der Waals surface area contributed by atoms with E-state index < -0.39 is 0 Å². The lowest BCUT2D eigenvalue weighted by molar-refractivity contribution is 0.102. The van der Waals surface area contributed by atoms with Gasteiger partial charge in [0.15, 0.2) is 5.82 Å². The zero-order valence-corrected chi connectivity index (χ0v) is 16.0. The van der Waals surface area contributed by atoms with Crippen molar-refractivity contribution in [2.24, 2.45) is 0 Å². The average molecular weight is 378 g/mol. The average Bonchev–Trinajstić information content (AvgIpc) is 2.74. The first kappa shape index (κ1) is 19.2. The molecular formula is C21H22N4O3. The molecule has 144 valence electrons. The van der Waals surface area contributed by atoms with E-state index in [1.165, 1.54) is 19.8 Å². The predicted octanol–water partition coefficient (Wildman–Crippen LogP) is 3.67. The number of hydrogen-bond donors (Lipinski definition) is 2. The number of nitrogens with one attached hydrogen (secondary N) is 2. The number of anilines is 2. The summed E-state index contributed by atoms with van der Waals surface area (Å²) >= 11 is 0. The largest absolute Gasteiger partial charge is 0.497 e. The van der Waals surface area contributed by atoms with Gasteiger partial charge in [-0.25, -0.2) is 0 Å². The highest BCUT2D eigenvalue weighted by Crippen LogP contribution is 2.23. The highest BCUT2D eigenvalue weighted by Gasteiger charge is 2.11. The van der Waals surface area contributed by atoms with Gasteiger partial charge in [0.05, 0.1) is 14.2 Å². The second kappa shape index (κ2) is 8.85. The van der Waals surface area contributed by atoms with E-state index in [0.717, 1.165) is 5.56 Å². The molecule has 0 atom stereocenters. The van der Waals surface area contributed by atoms with Crippen molar-refractivity contribution in [3.05, 3.63) is 71.3 Å². The van der Waals surface area contributed by atoms with Crippen LogP contribution in [0.5, 0.6) is 11.5 Å². The first-order valence-electron chi connectivity index (χ1n) is 8.75. The van der Waals surface area contributed by atoms with Crippen molar-refractivity contribution in [2.45, 2.75) is 13.5 Å². The van der Waals surface area contributed by atoms with Crippen molar-refractivity contribution < 1.29 is 14.3 Å². The number of nitrogens with zero attached hydrogens (tertiary/aromatic N) is 2. The second-order valence-electron chi connectivity index (χ2n) is 6.20. The van der Waals surface area contributed by atoms with Gasteiger partial charge in [-0.15, -0.1) is 10.2 Å². The molecule has 2 N–H and O–H groups in total. The van der Waals surface area contributed by atoms with Crippen LogP contribution in [0.2, 0.25) is 0 Å². The van der Waals surface area contributed by atoms with Crippen LogP contribution in [0, 0.1) is 6.92 Å². The van der Waals surface area contributed by atoms with Crippen LogP contribution in [0.4, 0.5) is 11.6 Å². The number of ether oxygens (including phenoxy) is 2. The molecule has 0 saturated carbocycles. The maximum Gasteiger partial charge on any atom is 0.257 e. The third kappa shape index (κ3) is 4.97. The lowest BCUT2D eigenvalue weighted by Gasteiger charge is -2.09. The van der Waals surface area contributed by atoms with E-state index in [4.69, 9.17) is 9.47 Å². The Morgan fingerprint density at radius 1 is 0.893 bits per heavy atom. The van der Waals surface area contributed by atoms with Gasteiger partial charge in [-0.1, -0.05) is 29.8 Å². The van der Waals surface area contributed by atoms with Gasteiger partial charge >= 0.3 is 0 Å². The summed E-state index contributed by atoms with van der Waals surface area (Å²) in [6.45, 7) is 2.70. The maximum absolute atomic E-state index is 12.5. The summed E-state index contributed by atoms with van der Waals surface area (Å²) in [5.74, 6) is 1.72. The number of rotatable bonds is 7. The molecule has 0 aliphatic heterocycles. The molecule has 1 aromatic heterocycles. The van der Waals surface area contributed by atoms with E-state index in [-0.39, 0.29) is 5.91 Å². The molecule has 0 radical (unpaired) electrons. The van der Waals surface area contributed by atoms with E-state index in [1.807, 2.05) is 0 Å². The Kier molecular flexibility index (Phi) is 6.06. The van der Waals surface area contributed by atoms with Crippen LogP contribution < -0.4 is 20.1 Å². The normalized spacial score (nSPS) is 10.2. The molecule has 1 amide bonds. The SMILES string of the molecule is COc1cc(OC)cc(C(=O)Nc2ccc(NCc3ccc(C)cc3)nn2)c1. The third-order valence-electron chi connectivity index (χ3n) is 4.11. The molecular weight excluding hydrogens is 356 g/mol. The zero-order valence-electron chi connectivity index (χ0n) is 16.0. The Morgan fingerprint density at radius 2 is 1.50 bits per heavy atom. The second-order valence-corrected chi connectivity index (χ2v) is 6.20. The van der Waals surface area contributed by atoms with Crippen molar-refractivity contribution in [3.63, 3.8) is 0 Å². The molecule has 0 unspecified atom stereocenters. The van der Waals surface area contributed by atoms with Crippen LogP contribution in [0.15, 0.2) is 54.6 Å². The number of carbonyl (C=O) groups is 1. The summed E-state index contributed by atoms with van der Waals surface area (Å²) in [5, 5.41) is 14.1. The lowest BCUT2D eigenvalue weighted by Crippen LogP contribution is -2.14. The van der Waals surface area contributed by atoms with Gasteiger partial charge in [-0.3, -0.25) is 4.79 Å². The van der Waals surface area contributed by atoms with Crippen LogP contribution in [0.1, 0.15) is 21.5 Å². The van der Waals surface area contributed by atoms with E-state index in [9.17, 15) is 4.79 Å². The summed E-state index contributed by atoms with van der Waals surface area (Å²) in [6, 6.07) is 16.7. The van der Waals surface area contributed by atoms with Crippen LogP contribution in [0.25, 0.3) is 0 Å². The Bertz CT molecular complexity index is 919. The Morgan fingerprint density at radius 3 is 2.07 bits per heavy atom.